The molecule has 0 atom stereocenters. The number of H-pyrrole nitrogens is 2. The SMILES string of the molecule is Cc1ccc(C)c(NC(=O)CSc2nc3cc(C)[nH]c3c(=O)[nH]2)c1. The number of anilines is 1. The van der Waals surface area contributed by atoms with Crippen molar-refractivity contribution in [1.82, 2.24) is 15.0 Å². The van der Waals surface area contributed by atoms with Crippen molar-refractivity contribution in [2.75, 3.05) is 11.1 Å². The molecule has 24 heavy (non-hydrogen) atoms. The molecule has 124 valence electrons. The molecule has 0 saturated carbocycles. The van der Waals surface area contributed by atoms with E-state index < -0.39 is 0 Å². The zero-order valence-corrected chi connectivity index (χ0v) is 14.5. The molecule has 0 radical (unpaired) electrons. The predicted octanol–water partition coefficient (Wildman–Crippen LogP) is 2.91. The summed E-state index contributed by atoms with van der Waals surface area (Å²) in [5.74, 6) is 0.0345. The van der Waals surface area contributed by atoms with Crippen molar-refractivity contribution >= 4 is 34.4 Å². The van der Waals surface area contributed by atoms with E-state index in [2.05, 4.69) is 20.3 Å². The van der Waals surface area contributed by atoms with Gasteiger partial charge in [-0.05, 0) is 44.0 Å². The van der Waals surface area contributed by atoms with Crippen LogP contribution in [0.5, 0.6) is 0 Å². The van der Waals surface area contributed by atoms with Crippen molar-refractivity contribution in [3.8, 4) is 0 Å². The van der Waals surface area contributed by atoms with E-state index in [1.165, 1.54) is 11.8 Å². The average Bonchev–Trinajstić information content (AvgIpc) is 2.90. The normalized spacial score (nSPS) is 11.0. The first kappa shape index (κ1) is 16.3. The molecule has 1 aromatic carbocycles. The van der Waals surface area contributed by atoms with Crippen LogP contribution >= 0.6 is 11.8 Å². The summed E-state index contributed by atoms with van der Waals surface area (Å²) in [6, 6.07) is 7.72. The quantitative estimate of drug-likeness (QED) is 0.502. The van der Waals surface area contributed by atoms with Gasteiger partial charge in [0.05, 0.1) is 11.3 Å². The van der Waals surface area contributed by atoms with Gasteiger partial charge in [-0.3, -0.25) is 14.6 Å². The number of carbonyl (C=O) groups is 1. The average molecular weight is 342 g/mol. The van der Waals surface area contributed by atoms with Crippen LogP contribution in [-0.2, 0) is 4.79 Å². The fourth-order valence-corrected chi connectivity index (χ4v) is 3.06. The van der Waals surface area contributed by atoms with Gasteiger partial charge in [0.1, 0.15) is 5.52 Å². The highest BCUT2D eigenvalue weighted by Crippen LogP contribution is 2.19. The lowest BCUT2D eigenvalue weighted by molar-refractivity contribution is -0.113. The second-order valence-electron chi connectivity index (χ2n) is 5.74. The molecule has 7 heteroatoms. The highest BCUT2D eigenvalue weighted by Gasteiger charge is 2.10. The third-order valence-electron chi connectivity index (χ3n) is 3.61. The summed E-state index contributed by atoms with van der Waals surface area (Å²) in [6.45, 7) is 5.79. The van der Waals surface area contributed by atoms with Gasteiger partial charge in [0, 0.05) is 11.4 Å². The first-order valence-electron chi connectivity index (χ1n) is 7.52. The molecule has 3 N–H and O–H groups in total. The lowest BCUT2D eigenvalue weighted by atomic mass is 10.1. The Labute approximate surface area is 143 Å². The van der Waals surface area contributed by atoms with E-state index in [4.69, 9.17) is 0 Å². The van der Waals surface area contributed by atoms with Gasteiger partial charge in [0.2, 0.25) is 5.91 Å². The number of hydrogen-bond donors (Lipinski definition) is 3. The second-order valence-corrected chi connectivity index (χ2v) is 6.70. The number of fused-ring (bicyclic) bond motifs is 1. The summed E-state index contributed by atoms with van der Waals surface area (Å²) in [6.07, 6.45) is 0. The molecule has 0 aliphatic heterocycles. The minimum atomic E-state index is -0.231. The van der Waals surface area contributed by atoms with Gasteiger partial charge in [0.25, 0.3) is 5.56 Å². The van der Waals surface area contributed by atoms with E-state index in [1.54, 1.807) is 0 Å². The Morgan fingerprint density at radius 3 is 2.79 bits per heavy atom. The Morgan fingerprint density at radius 1 is 1.21 bits per heavy atom. The number of aromatic nitrogens is 3. The molecular weight excluding hydrogens is 324 g/mol. The van der Waals surface area contributed by atoms with Gasteiger partial charge in [-0.15, -0.1) is 0 Å². The fraction of sp³-hybridized carbons (Fsp3) is 0.235. The maximum Gasteiger partial charge on any atom is 0.275 e. The first-order valence-corrected chi connectivity index (χ1v) is 8.50. The Balaban J connectivity index is 1.70. The van der Waals surface area contributed by atoms with Crippen molar-refractivity contribution in [1.29, 1.82) is 0 Å². The number of rotatable bonds is 4. The molecule has 2 aromatic heterocycles. The first-order chi connectivity index (χ1) is 11.4. The van der Waals surface area contributed by atoms with Crippen molar-refractivity contribution in [2.24, 2.45) is 0 Å². The number of thioether (sulfide) groups is 1. The van der Waals surface area contributed by atoms with Crippen LogP contribution in [0.4, 0.5) is 5.69 Å². The third kappa shape index (κ3) is 3.51. The van der Waals surface area contributed by atoms with Crippen LogP contribution in [0.25, 0.3) is 11.0 Å². The number of amides is 1. The fourth-order valence-electron chi connectivity index (χ4n) is 2.39. The van der Waals surface area contributed by atoms with Crippen LogP contribution in [0.2, 0.25) is 0 Å². The van der Waals surface area contributed by atoms with Crippen LogP contribution in [0.3, 0.4) is 0 Å². The van der Waals surface area contributed by atoms with Gasteiger partial charge < -0.3 is 10.3 Å². The van der Waals surface area contributed by atoms with Gasteiger partial charge in [-0.2, -0.15) is 0 Å². The maximum atomic E-state index is 12.1. The van der Waals surface area contributed by atoms with Crippen LogP contribution < -0.4 is 10.9 Å². The molecule has 0 spiro atoms. The van der Waals surface area contributed by atoms with Crippen molar-refractivity contribution in [2.45, 2.75) is 25.9 Å². The molecule has 0 bridgehead atoms. The van der Waals surface area contributed by atoms with Gasteiger partial charge in [-0.25, -0.2) is 4.98 Å². The monoisotopic (exact) mass is 342 g/mol. The molecular formula is C17H18N4O2S. The van der Waals surface area contributed by atoms with Crippen LogP contribution in [-0.4, -0.2) is 26.6 Å². The maximum absolute atomic E-state index is 12.1. The van der Waals surface area contributed by atoms with E-state index in [1.807, 2.05) is 45.0 Å². The van der Waals surface area contributed by atoms with Gasteiger partial charge in [0.15, 0.2) is 5.16 Å². The molecule has 3 rings (SSSR count). The Bertz CT molecular complexity index is 974. The molecule has 0 aliphatic carbocycles. The topological polar surface area (TPSA) is 90.6 Å². The largest absolute Gasteiger partial charge is 0.353 e. The number of nitrogens with zero attached hydrogens (tertiary/aromatic N) is 1. The standard InChI is InChI=1S/C17H18N4O2S/c1-9-4-5-10(2)12(6-9)19-14(22)8-24-17-20-13-7-11(3)18-15(13)16(23)21-17/h4-7,18H,8H2,1-3H3,(H,19,22)(H,20,21,23). The molecule has 1 amide bonds. The minimum absolute atomic E-state index is 0.137. The summed E-state index contributed by atoms with van der Waals surface area (Å²) in [4.78, 5) is 34.2. The van der Waals surface area contributed by atoms with E-state index in [0.29, 0.717) is 16.2 Å². The lowest BCUT2D eigenvalue weighted by Crippen LogP contribution is -2.16. The number of carbonyl (C=O) groups excluding carboxylic acids is 1. The molecule has 3 aromatic rings. The Morgan fingerprint density at radius 2 is 2.00 bits per heavy atom. The number of nitrogens with one attached hydrogen (secondary N) is 3. The minimum Gasteiger partial charge on any atom is -0.353 e. The molecule has 6 nitrogen and oxygen atoms in total. The van der Waals surface area contributed by atoms with Crippen molar-refractivity contribution < 1.29 is 4.79 Å². The number of aromatic amines is 2. The number of benzene rings is 1. The van der Waals surface area contributed by atoms with E-state index in [0.717, 1.165) is 22.5 Å². The highest BCUT2D eigenvalue weighted by atomic mass is 32.2. The Kier molecular flexibility index (Phi) is 4.44. The third-order valence-corrected chi connectivity index (χ3v) is 4.48. The summed E-state index contributed by atoms with van der Waals surface area (Å²) >= 11 is 1.20. The lowest BCUT2D eigenvalue weighted by Gasteiger charge is -2.09. The summed E-state index contributed by atoms with van der Waals surface area (Å²) in [5.41, 5.74) is 4.60. The van der Waals surface area contributed by atoms with E-state index >= 15 is 0 Å². The Hall–Kier alpha value is -2.54. The number of aryl methyl sites for hydroxylation is 3. The molecule has 0 fully saturated rings. The summed E-state index contributed by atoms with van der Waals surface area (Å²) < 4.78 is 0. The smallest absolute Gasteiger partial charge is 0.275 e. The van der Waals surface area contributed by atoms with E-state index in [-0.39, 0.29) is 17.2 Å². The molecule has 0 unspecified atom stereocenters. The van der Waals surface area contributed by atoms with Crippen molar-refractivity contribution in [3.05, 3.63) is 51.4 Å². The van der Waals surface area contributed by atoms with Gasteiger partial charge in [-0.1, -0.05) is 23.9 Å². The van der Waals surface area contributed by atoms with Crippen LogP contribution in [0.15, 0.2) is 34.2 Å². The van der Waals surface area contributed by atoms with E-state index in [9.17, 15) is 9.59 Å². The van der Waals surface area contributed by atoms with Gasteiger partial charge >= 0.3 is 0 Å². The summed E-state index contributed by atoms with van der Waals surface area (Å²) in [5, 5.41) is 3.32. The predicted molar refractivity (Wildman–Crippen MR) is 96.7 cm³/mol. The molecule has 0 saturated heterocycles. The second kappa shape index (κ2) is 6.52. The van der Waals surface area contributed by atoms with Crippen LogP contribution in [0, 0.1) is 20.8 Å². The zero-order chi connectivity index (χ0) is 17.3. The summed E-state index contributed by atoms with van der Waals surface area (Å²) in [7, 11) is 0. The van der Waals surface area contributed by atoms with Crippen molar-refractivity contribution in [3.63, 3.8) is 0 Å². The number of hydrogen-bond acceptors (Lipinski definition) is 4. The highest BCUT2D eigenvalue weighted by molar-refractivity contribution is 7.99. The zero-order valence-electron chi connectivity index (χ0n) is 13.7. The molecule has 2 heterocycles. The molecule has 0 aliphatic rings. The van der Waals surface area contributed by atoms with Crippen LogP contribution in [0.1, 0.15) is 16.8 Å².